The van der Waals surface area contributed by atoms with Crippen LogP contribution in [0.4, 0.5) is 4.39 Å². The smallest absolute Gasteiger partial charge is 0.271 e. The molecule has 3 heterocycles. The first-order valence-corrected chi connectivity index (χ1v) is 10.7. The Morgan fingerprint density at radius 2 is 1.81 bits per heavy atom. The van der Waals surface area contributed by atoms with Crippen molar-refractivity contribution >= 4 is 15.9 Å². The van der Waals surface area contributed by atoms with Crippen LogP contribution >= 0.6 is 0 Å². The van der Waals surface area contributed by atoms with E-state index < -0.39 is 10.0 Å². The van der Waals surface area contributed by atoms with Crippen LogP contribution in [0.3, 0.4) is 0 Å². The van der Waals surface area contributed by atoms with Gasteiger partial charge in [0.15, 0.2) is 0 Å². The number of halogens is 1. The standard InChI is InChI=1S/C19H22FN3O3S/c1-2-10-27(25,26)21-12-17-18(13-21)23(11-14-5-7-15(20)8-6-14)19(24)16-4-3-9-22(16)17/h3-9,17-18H,2,10-13H2,1H3/t17-,18+/m1/s1. The minimum absolute atomic E-state index is 0.108. The zero-order chi connectivity index (χ0) is 19.2. The van der Waals surface area contributed by atoms with E-state index in [0.29, 0.717) is 25.2 Å². The van der Waals surface area contributed by atoms with E-state index in [1.165, 1.54) is 16.4 Å². The quantitative estimate of drug-likeness (QED) is 0.785. The Morgan fingerprint density at radius 1 is 1.11 bits per heavy atom. The Kier molecular flexibility index (Phi) is 4.55. The molecule has 0 bridgehead atoms. The van der Waals surface area contributed by atoms with Crippen molar-refractivity contribution in [1.82, 2.24) is 13.8 Å². The molecule has 0 unspecified atom stereocenters. The van der Waals surface area contributed by atoms with Gasteiger partial charge in [-0.2, -0.15) is 4.31 Å². The third-order valence-corrected chi connectivity index (χ3v) is 7.37. The average molecular weight is 391 g/mol. The number of amides is 1. The molecule has 2 aromatic rings. The fourth-order valence-electron chi connectivity index (χ4n) is 4.07. The molecule has 0 saturated carbocycles. The van der Waals surface area contributed by atoms with Crippen molar-refractivity contribution in [3.8, 4) is 0 Å². The third-order valence-electron chi connectivity index (χ3n) is 5.36. The van der Waals surface area contributed by atoms with E-state index >= 15 is 0 Å². The number of hydrogen-bond donors (Lipinski definition) is 0. The largest absolute Gasteiger partial charge is 0.337 e. The van der Waals surface area contributed by atoms with Gasteiger partial charge in [0.2, 0.25) is 10.0 Å². The maximum Gasteiger partial charge on any atom is 0.271 e. The average Bonchev–Trinajstić information content (AvgIpc) is 3.27. The van der Waals surface area contributed by atoms with Crippen LogP contribution in [0.1, 0.15) is 35.4 Å². The second-order valence-corrected chi connectivity index (χ2v) is 9.22. The van der Waals surface area contributed by atoms with Crippen LogP contribution in [0, 0.1) is 5.82 Å². The number of rotatable bonds is 5. The predicted molar refractivity (Wildman–Crippen MR) is 99.2 cm³/mol. The summed E-state index contributed by atoms with van der Waals surface area (Å²) in [5.74, 6) is -0.342. The van der Waals surface area contributed by atoms with Crippen molar-refractivity contribution in [1.29, 1.82) is 0 Å². The number of nitrogens with zero attached hydrogens (tertiary/aromatic N) is 3. The van der Waals surface area contributed by atoms with Crippen molar-refractivity contribution in [3.05, 3.63) is 59.7 Å². The number of aromatic nitrogens is 1. The van der Waals surface area contributed by atoms with Crippen LogP contribution in [0.5, 0.6) is 0 Å². The molecule has 0 spiro atoms. The molecule has 0 radical (unpaired) electrons. The Hall–Kier alpha value is -2.19. The van der Waals surface area contributed by atoms with Crippen LogP contribution in [0.2, 0.25) is 0 Å². The van der Waals surface area contributed by atoms with E-state index in [9.17, 15) is 17.6 Å². The van der Waals surface area contributed by atoms with Crippen molar-refractivity contribution in [2.45, 2.75) is 32.0 Å². The normalized spacial score (nSPS) is 22.7. The van der Waals surface area contributed by atoms with Crippen molar-refractivity contribution in [3.63, 3.8) is 0 Å². The summed E-state index contributed by atoms with van der Waals surface area (Å²) in [6, 6.07) is 9.29. The molecule has 0 aliphatic carbocycles. The van der Waals surface area contributed by atoms with Gasteiger partial charge in [-0.25, -0.2) is 12.8 Å². The number of carbonyl (C=O) groups excluding carboxylic acids is 1. The molecule has 1 aromatic carbocycles. The van der Waals surface area contributed by atoms with Gasteiger partial charge in [0.05, 0.1) is 17.8 Å². The first kappa shape index (κ1) is 18.2. The van der Waals surface area contributed by atoms with Crippen LogP contribution in [-0.2, 0) is 16.6 Å². The van der Waals surface area contributed by atoms with E-state index in [0.717, 1.165) is 5.56 Å². The highest BCUT2D eigenvalue weighted by Gasteiger charge is 2.47. The molecular weight excluding hydrogens is 369 g/mol. The highest BCUT2D eigenvalue weighted by atomic mass is 32.2. The Bertz CT molecular complexity index is 955. The Morgan fingerprint density at radius 3 is 2.52 bits per heavy atom. The van der Waals surface area contributed by atoms with Crippen molar-refractivity contribution in [2.24, 2.45) is 0 Å². The fourth-order valence-corrected chi connectivity index (χ4v) is 5.60. The monoisotopic (exact) mass is 391 g/mol. The molecule has 0 N–H and O–H groups in total. The minimum atomic E-state index is -3.34. The highest BCUT2D eigenvalue weighted by Crippen LogP contribution is 2.35. The summed E-state index contributed by atoms with van der Waals surface area (Å²) in [5, 5.41) is 0. The topological polar surface area (TPSA) is 62.6 Å². The van der Waals surface area contributed by atoms with E-state index in [4.69, 9.17) is 0 Å². The molecule has 1 aromatic heterocycles. The number of sulfonamides is 1. The molecule has 2 aliphatic heterocycles. The molecule has 1 amide bonds. The summed E-state index contributed by atoms with van der Waals surface area (Å²) in [7, 11) is -3.34. The lowest BCUT2D eigenvalue weighted by atomic mass is 10.0. The number of benzene rings is 1. The van der Waals surface area contributed by atoms with Gasteiger partial charge in [-0.3, -0.25) is 4.79 Å². The molecular formula is C19H22FN3O3S. The third kappa shape index (κ3) is 3.17. The lowest BCUT2D eigenvalue weighted by Crippen LogP contribution is -2.49. The molecule has 8 heteroatoms. The van der Waals surface area contributed by atoms with Gasteiger partial charge in [-0.15, -0.1) is 0 Å². The first-order chi connectivity index (χ1) is 12.9. The predicted octanol–water partition coefficient (Wildman–Crippen LogP) is 2.25. The van der Waals surface area contributed by atoms with Gasteiger partial charge in [0, 0.05) is 25.8 Å². The number of carbonyl (C=O) groups is 1. The summed E-state index contributed by atoms with van der Waals surface area (Å²) >= 11 is 0. The van der Waals surface area contributed by atoms with Gasteiger partial charge < -0.3 is 9.47 Å². The Balaban J connectivity index is 1.68. The summed E-state index contributed by atoms with van der Waals surface area (Å²) in [6.45, 7) is 2.82. The van der Waals surface area contributed by atoms with Crippen LogP contribution in [0.25, 0.3) is 0 Å². The Labute approximate surface area is 158 Å². The van der Waals surface area contributed by atoms with E-state index in [1.807, 2.05) is 23.8 Å². The molecule has 144 valence electrons. The molecule has 1 saturated heterocycles. The molecule has 1 fully saturated rings. The molecule has 2 aliphatic rings. The summed E-state index contributed by atoms with van der Waals surface area (Å²) in [6.07, 6.45) is 2.40. The number of fused-ring (bicyclic) bond motifs is 3. The lowest BCUT2D eigenvalue weighted by molar-refractivity contribution is 0.0559. The van der Waals surface area contributed by atoms with Crippen LogP contribution < -0.4 is 0 Å². The molecule has 6 nitrogen and oxygen atoms in total. The number of hydrogen-bond acceptors (Lipinski definition) is 3. The zero-order valence-electron chi connectivity index (χ0n) is 15.1. The van der Waals surface area contributed by atoms with E-state index in [-0.39, 0.29) is 36.1 Å². The van der Waals surface area contributed by atoms with Crippen molar-refractivity contribution in [2.75, 3.05) is 18.8 Å². The summed E-state index contributed by atoms with van der Waals surface area (Å²) in [5.41, 5.74) is 1.38. The summed E-state index contributed by atoms with van der Waals surface area (Å²) in [4.78, 5) is 14.8. The molecule has 2 atom stereocenters. The van der Waals surface area contributed by atoms with Gasteiger partial charge in [-0.05, 0) is 36.2 Å². The van der Waals surface area contributed by atoms with Gasteiger partial charge in [0.1, 0.15) is 11.5 Å². The van der Waals surface area contributed by atoms with Gasteiger partial charge in [0.25, 0.3) is 5.91 Å². The zero-order valence-corrected chi connectivity index (χ0v) is 15.9. The fraction of sp³-hybridized carbons (Fsp3) is 0.421. The van der Waals surface area contributed by atoms with Crippen LogP contribution in [0.15, 0.2) is 42.6 Å². The molecule has 27 heavy (non-hydrogen) atoms. The van der Waals surface area contributed by atoms with E-state index in [1.54, 1.807) is 23.1 Å². The highest BCUT2D eigenvalue weighted by molar-refractivity contribution is 7.89. The van der Waals surface area contributed by atoms with Gasteiger partial charge >= 0.3 is 0 Å². The SMILES string of the molecule is CCCS(=O)(=O)N1C[C@@H]2[C@H](C1)N(Cc1ccc(F)cc1)C(=O)c1cccn12. The second-order valence-electron chi connectivity index (χ2n) is 7.13. The van der Waals surface area contributed by atoms with Gasteiger partial charge in [-0.1, -0.05) is 19.1 Å². The maximum atomic E-state index is 13.2. The lowest BCUT2D eigenvalue weighted by Gasteiger charge is -2.38. The van der Waals surface area contributed by atoms with Crippen LogP contribution in [-0.4, -0.2) is 53.0 Å². The van der Waals surface area contributed by atoms with Crippen molar-refractivity contribution < 1.29 is 17.6 Å². The molecule has 4 rings (SSSR count). The first-order valence-electron chi connectivity index (χ1n) is 9.11. The minimum Gasteiger partial charge on any atom is -0.337 e. The second kappa shape index (κ2) is 6.76. The maximum absolute atomic E-state index is 13.2. The summed E-state index contributed by atoms with van der Waals surface area (Å²) < 4.78 is 41.8. The van der Waals surface area contributed by atoms with E-state index in [2.05, 4.69) is 0 Å².